The van der Waals surface area contributed by atoms with Crippen LogP contribution in [0.15, 0.2) is 18.2 Å². The van der Waals surface area contributed by atoms with E-state index in [4.69, 9.17) is 14.2 Å². The van der Waals surface area contributed by atoms with Crippen LogP contribution in [0.1, 0.15) is 13.8 Å². The van der Waals surface area contributed by atoms with Crippen LogP contribution in [0.4, 0.5) is 5.69 Å². The molecular formula is C16H20N2O5. The van der Waals surface area contributed by atoms with Crippen LogP contribution in [0.25, 0.3) is 0 Å². The Bertz CT molecular complexity index is 623. The molecule has 1 fully saturated rings. The van der Waals surface area contributed by atoms with E-state index in [0.29, 0.717) is 43.5 Å². The summed E-state index contributed by atoms with van der Waals surface area (Å²) in [5, 5.41) is 2.78. The van der Waals surface area contributed by atoms with Crippen LogP contribution in [0, 0.1) is 5.41 Å². The Hall–Kier alpha value is -2.28. The number of nitrogens with one attached hydrogen (secondary N) is 1. The molecule has 124 valence electrons. The molecule has 0 saturated carbocycles. The average Bonchev–Trinajstić information content (AvgIpc) is 3.02. The fourth-order valence-electron chi connectivity index (χ4n) is 2.52. The van der Waals surface area contributed by atoms with Gasteiger partial charge in [0.1, 0.15) is 5.41 Å². The van der Waals surface area contributed by atoms with E-state index in [1.807, 2.05) is 0 Å². The Morgan fingerprint density at radius 2 is 1.83 bits per heavy atom. The van der Waals surface area contributed by atoms with Crippen molar-refractivity contribution in [1.82, 2.24) is 4.90 Å². The van der Waals surface area contributed by atoms with E-state index in [9.17, 15) is 9.59 Å². The van der Waals surface area contributed by atoms with Crippen LogP contribution >= 0.6 is 0 Å². The number of benzene rings is 1. The van der Waals surface area contributed by atoms with Gasteiger partial charge in [0.15, 0.2) is 11.5 Å². The number of hydrogen-bond acceptors (Lipinski definition) is 5. The number of anilines is 1. The van der Waals surface area contributed by atoms with Gasteiger partial charge in [0, 0.05) is 24.8 Å². The van der Waals surface area contributed by atoms with E-state index in [0.717, 1.165) is 0 Å². The molecule has 0 spiro atoms. The fourth-order valence-corrected chi connectivity index (χ4v) is 2.52. The minimum Gasteiger partial charge on any atom is -0.454 e. The molecule has 7 heteroatoms. The normalized spacial score (nSPS) is 17.0. The summed E-state index contributed by atoms with van der Waals surface area (Å²) in [6.45, 7) is 5.48. The predicted molar refractivity (Wildman–Crippen MR) is 82.4 cm³/mol. The van der Waals surface area contributed by atoms with E-state index < -0.39 is 5.41 Å². The third kappa shape index (κ3) is 3.10. The molecule has 1 N–H and O–H groups in total. The Balaban J connectivity index is 1.69. The summed E-state index contributed by atoms with van der Waals surface area (Å²) < 4.78 is 15.8. The molecule has 1 saturated heterocycles. The largest absolute Gasteiger partial charge is 0.454 e. The van der Waals surface area contributed by atoms with Gasteiger partial charge in [0.2, 0.25) is 18.6 Å². The molecule has 0 atom stereocenters. The minimum atomic E-state index is -1.16. The van der Waals surface area contributed by atoms with E-state index in [2.05, 4.69) is 5.32 Å². The van der Waals surface area contributed by atoms with E-state index in [1.165, 1.54) is 0 Å². The third-order valence-electron chi connectivity index (χ3n) is 4.03. The van der Waals surface area contributed by atoms with Crippen molar-refractivity contribution in [3.63, 3.8) is 0 Å². The highest BCUT2D eigenvalue weighted by molar-refractivity contribution is 6.09. The summed E-state index contributed by atoms with van der Waals surface area (Å²) in [5.41, 5.74) is -0.588. The number of ether oxygens (including phenoxy) is 3. The molecule has 0 aliphatic carbocycles. The lowest BCUT2D eigenvalue weighted by Crippen LogP contribution is -2.51. The van der Waals surface area contributed by atoms with Crippen molar-refractivity contribution in [3.8, 4) is 11.5 Å². The summed E-state index contributed by atoms with van der Waals surface area (Å²) in [6.07, 6.45) is 0. The summed E-state index contributed by atoms with van der Waals surface area (Å²) in [7, 11) is 0. The van der Waals surface area contributed by atoms with Crippen LogP contribution in [0.3, 0.4) is 0 Å². The molecule has 0 unspecified atom stereocenters. The zero-order valence-electron chi connectivity index (χ0n) is 13.3. The number of nitrogens with zero attached hydrogens (tertiary/aromatic N) is 1. The van der Waals surface area contributed by atoms with Crippen LogP contribution in [-0.2, 0) is 14.3 Å². The minimum absolute atomic E-state index is 0.174. The molecule has 2 heterocycles. The lowest BCUT2D eigenvalue weighted by molar-refractivity contribution is -0.149. The third-order valence-corrected chi connectivity index (χ3v) is 4.03. The van der Waals surface area contributed by atoms with E-state index in [1.54, 1.807) is 36.9 Å². The van der Waals surface area contributed by atoms with Gasteiger partial charge in [-0.25, -0.2) is 0 Å². The topological polar surface area (TPSA) is 77.1 Å². The molecule has 1 aromatic rings. The number of rotatable bonds is 3. The second kappa shape index (κ2) is 6.08. The van der Waals surface area contributed by atoms with E-state index in [-0.39, 0.29) is 18.6 Å². The Kier molecular flexibility index (Phi) is 4.12. The van der Waals surface area contributed by atoms with Gasteiger partial charge in [0.05, 0.1) is 13.2 Å². The lowest BCUT2D eigenvalue weighted by atomic mass is 9.90. The summed E-state index contributed by atoms with van der Waals surface area (Å²) in [5.74, 6) is 0.679. The number of carbonyl (C=O) groups excluding carboxylic acids is 2. The highest BCUT2D eigenvalue weighted by atomic mass is 16.7. The average molecular weight is 320 g/mol. The van der Waals surface area contributed by atoms with Gasteiger partial charge in [-0.3, -0.25) is 9.59 Å². The van der Waals surface area contributed by atoms with Crippen molar-refractivity contribution >= 4 is 17.5 Å². The molecule has 7 nitrogen and oxygen atoms in total. The Morgan fingerprint density at radius 3 is 2.57 bits per heavy atom. The Morgan fingerprint density at radius 1 is 1.13 bits per heavy atom. The van der Waals surface area contributed by atoms with Gasteiger partial charge in [-0.1, -0.05) is 0 Å². The van der Waals surface area contributed by atoms with Crippen LogP contribution in [0.5, 0.6) is 11.5 Å². The molecule has 2 aliphatic rings. The second-order valence-corrected chi connectivity index (χ2v) is 6.05. The highest BCUT2D eigenvalue weighted by Crippen LogP contribution is 2.34. The molecule has 3 rings (SSSR count). The first-order valence-corrected chi connectivity index (χ1v) is 7.57. The molecule has 2 aliphatic heterocycles. The van der Waals surface area contributed by atoms with Gasteiger partial charge in [-0.05, 0) is 26.0 Å². The molecule has 2 amide bonds. The summed E-state index contributed by atoms with van der Waals surface area (Å²) >= 11 is 0. The highest BCUT2D eigenvalue weighted by Gasteiger charge is 2.39. The molecule has 0 bridgehead atoms. The van der Waals surface area contributed by atoms with Crippen molar-refractivity contribution in [2.75, 3.05) is 38.4 Å². The quantitative estimate of drug-likeness (QED) is 0.848. The van der Waals surface area contributed by atoms with Crippen molar-refractivity contribution in [3.05, 3.63) is 18.2 Å². The maximum atomic E-state index is 12.6. The van der Waals surface area contributed by atoms with Crippen molar-refractivity contribution in [2.45, 2.75) is 13.8 Å². The molecule has 0 radical (unpaired) electrons. The van der Waals surface area contributed by atoms with Gasteiger partial charge >= 0.3 is 0 Å². The summed E-state index contributed by atoms with van der Waals surface area (Å²) in [6, 6.07) is 5.14. The number of amides is 2. The van der Waals surface area contributed by atoms with Gasteiger partial charge in [-0.2, -0.15) is 0 Å². The van der Waals surface area contributed by atoms with Crippen molar-refractivity contribution in [2.24, 2.45) is 5.41 Å². The fraction of sp³-hybridized carbons (Fsp3) is 0.500. The molecular weight excluding hydrogens is 300 g/mol. The standard InChI is InChI=1S/C16H20N2O5/c1-16(2,15(20)18-5-7-21-8-6-18)14(19)17-11-3-4-12-13(9-11)23-10-22-12/h3-4,9H,5-8,10H2,1-2H3,(H,17,19). The van der Waals surface area contributed by atoms with Gasteiger partial charge < -0.3 is 24.4 Å². The first kappa shape index (κ1) is 15.6. The van der Waals surface area contributed by atoms with Crippen LogP contribution < -0.4 is 14.8 Å². The van der Waals surface area contributed by atoms with Gasteiger partial charge in [0.25, 0.3) is 0 Å². The van der Waals surface area contributed by atoms with Gasteiger partial charge in [-0.15, -0.1) is 0 Å². The predicted octanol–water partition coefficient (Wildman–Crippen LogP) is 1.24. The second-order valence-electron chi connectivity index (χ2n) is 6.05. The molecule has 23 heavy (non-hydrogen) atoms. The molecule has 0 aromatic heterocycles. The molecule has 1 aromatic carbocycles. The first-order valence-electron chi connectivity index (χ1n) is 7.57. The number of morpholine rings is 1. The number of hydrogen-bond donors (Lipinski definition) is 1. The zero-order chi connectivity index (χ0) is 16.4. The SMILES string of the molecule is CC(C)(C(=O)Nc1ccc2c(c1)OCO2)C(=O)N1CCOCC1. The summed E-state index contributed by atoms with van der Waals surface area (Å²) in [4.78, 5) is 26.8. The van der Waals surface area contributed by atoms with Crippen molar-refractivity contribution < 1.29 is 23.8 Å². The first-order chi connectivity index (χ1) is 11.0. The monoisotopic (exact) mass is 320 g/mol. The zero-order valence-corrected chi connectivity index (χ0v) is 13.3. The van der Waals surface area contributed by atoms with Crippen LogP contribution in [-0.4, -0.2) is 49.8 Å². The lowest BCUT2D eigenvalue weighted by Gasteiger charge is -2.33. The maximum absolute atomic E-state index is 12.6. The van der Waals surface area contributed by atoms with E-state index >= 15 is 0 Å². The van der Waals surface area contributed by atoms with Crippen molar-refractivity contribution in [1.29, 1.82) is 0 Å². The number of carbonyl (C=O) groups is 2. The smallest absolute Gasteiger partial charge is 0.239 e. The number of fused-ring (bicyclic) bond motifs is 1. The Labute approximate surface area is 134 Å². The van der Waals surface area contributed by atoms with Crippen LogP contribution in [0.2, 0.25) is 0 Å². The maximum Gasteiger partial charge on any atom is 0.239 e.